The zero-order chi connectivity index (χ0) is 21.7. The Bertz CT molecular complexity index is 951. The number of terminal acetylenes is 1. The van der Waals surface area contributed by atoms with E-state index in [1.165, 1.54) is 18.1 Å². The van der Waals surface area contributed by atoms with Gasteiger partial charge in [0.25, 0.3) is 11.8 Å². The van der Waals surface area contributed by atoms with Crippen LogP contribution in [0.3, 0.4) is 0 Å². The van der Waals surface area contributed by atoms with Gasteiger partial charge in [-0.3, -0.25) is 19.8 Å². The first kappa shape index (κ1) is 21.2. The molecule has 1 saturated carbocycles. The molecule has 1 aliphatic carbocycles. The topological polar surface area (TPSA) is 84.9 Å². The maximum atomic E-state index is 13.0. The average Bonchev–Trinajstić information content (AvgIpc) is 3.24. The summed E-state index contributed by atoms with van der Waals surface area (Å²) in [5.74, 6) is 2.03. The van der Waals surface area contributed by atoms with Crippen LogP contribution in [0.2, 0.25) is 0 Å². The van der Waals surface area contributed by atoms with E-state index in [4.69, 9.17) is 15.9 Å². The SMILES string of the molecule is C#CCOc1c(CC=C)cc(/C=C2\C(=O)NC(=O)N(C3CCCC3)C2=O)cc1OC. The van der Waals surface area contributed by atoms with Gasteiger partial charge in [0.2, 0.25) is 0 Å². The van der Waals surface area contributed by atoms with E-state index in [1.807, 2.05) is 0 Å². The second kappa shape index (κ2) is 9.31. The summed E-state index contributed by atoms with van der Waals surface area (Å²) in [6, 6.07) is 2.60. The van der Waals surface area contributed by atoms with Crippen molar-refractivity contribution in [3.63, 3.8) is 0 Å². The van der Waals surface area contributed by atoms with Gasteiger partial charge < -0.3 is 9.47 Å². The van der Waals surface area contributed by atoms with Gasteiger partial charge in [-0.05, 0) is 43.0 Å². The summed E-state index contributed by atoms with van der Waals surface area (Å²) in [4.78, 5) is 38.8. The Morgan fingerprint density at radius 2 is 2.03 bits per heavy atom. The number of benzene rings is 1. The fourth-order valence-electron chi connectivity index (χ4n) is 3.84. The third-order valence-corrected chi connectivity index (χ3v) is 5.17. The maximum Gasteiger partial charge on any atom is 0.331 e. The van der Waals surface area contributed by atoms with Crippen LogP contribution in [0, 0.1) is 12.3 Å². The molecule has 1 saturated heterocycles. The quantitative estimate of drug-likeness (QED) is 0.325. The van der Waals surface area contributed by atoms with Gasteiger partial charge in [-0.25, -0.2) is 4.79 Å². The minimum absolute atomic E-state index is 0.0697. The largest absolute Gasteiger partial charge is 0.493 e. The van der Waals surface area contributed by atoms with Gasteiger partial charge >= 0.3 is 6.03 Å². The number of imide groups is 2. The normalized spacial score (nSPS) is 18.3. The third kappa shape index (κ3) is 4.23. The van der Waals surface area contributed by atoms with E-state index in [9.17, 15) is 14.4 Å². The number of barbiturate groups is 1. The monoisotopic (exact) mass is 408 g/mol. The van der Waals surface area contributed by atoms with E-state index in [0.717, 1.165) is 31.2 Å². The van der Waals surface area contributed by atoms with Crippen LogP contribution in [0.4, 0.5) is 4.79 Å². The Morgan fingerprint density at radius 3 is 2.67 bits per heavy atom. The van der Waals surface area contributed by atoms with Gasteiger partial charge in [0.05, 0.1) is 7.11 Å². The predicted molar refractivity (Wildman–Crippen MR) is 112 cm³/mol. The number of methoxy groups -OCH3 is 1. The van der Waals surface area contributed by atoms with Crippen LogP contribution in [-0.2, 0) is 16.0 Å². The highest BCUT2D eigenvalue weighted by molar-refractivity contribution is 6.31. The molecule has 156 valence electrons. The Balaban J connectivity index is 2.01. The summed E-state index contributed by atoms with van der Waals surface area (Å²) in [5, 5.41) is 2.28. The van der Waals surface area contributed by atoms with Crippen molar-refractivity contribution in [1.29, 1.82) is 0 Å². The van der Waals surface area contributed by atoms with Gasteiger partial charge in [0.15, 0.2) is 11.5 Å². The van der Waals surface area contributed by atoms with Crippen molar-refractivity contribution in [2.75, 3.05) is 13.7 Å². The van der Waals surface area contributed by atoms with E-state index in [2.05, 4.69) is 17.8 Å². The lowest BCUT2D eigenvalue weighted by atomic mass is 10.0. The van der Waals surface area contributed by atoms with Crippen molar-refractivity contribution in [3.05, 3.63) is 41.5 Å². The molecule has 30 heavy (non-hydrogen) atoms. The molecule has 4 amide bonds. The van der Waals surface area contributed by atoms with Crippen molar-refractivity contribution in [3.8, 4) is 23.8 Å². The number of carbonyl (C=O) groups is 3. The number of carbonyl (C=O) groups excluding carboxylic acids is 3. The summed E-state index contributed by atoms with van der Waals surface area (Å²) >= 11 is 0. The lowest BCUT2D eigenvalue weighted by molar-refractivity contribution is -0.131. The van der Waals surface area contributed by atoms with Gasteiger partial charge in [0, 0.05) is 11.6 Å². The second-order valence-corrected chi connectivity index (χ2v) is 7.13. The number of hydrogen-bond acceptors (Lipinski definition) is 5. The Morgan fingerprint density at radius 1 is 1.30 bits per heavy atom. The van der Waals surface area contributed by atoms with E-state index >= 15 is 0 Å². The fourth-order valence-corrected chi connectivity index (χ4v) is 3.84. The molecule has 1 heterocycles. The second-order valence-electron chi connectivity index (χ2n) is 7.13. The number of nitrogens with zero attached hydrogens (tertiary/aromatic N) is 1. The van der Waals surface area contributed by atoms with Crippen molar-refractivity contribution < 1.29 is 23.9 Å². The van der Waals surface area contributed by atoms with Crippen LogP contribution in [0.25, 0.3) is 6.08 Å². The summed E-state index contributed by atoms with van der Waals surface area (Å²) in [5.41, 5.74) is 1.22. The van der Waals surface area contributed by atoms with Gasteiger partial charge in [-0.1, -0.05) is 24.8 Å². The van der Waals surface area contributed by atoms with Crippen LogP contribution in [0.15, 0.2) is 30.4 Å². The minimum Gasteiger partial charge on any atom is -0.493 e. The maximum absolute atomic E-state index is 13.0. The number of ether oxygens (including phenoxy) is 2. The molecule has 0 aromatic heterocycles. The molecular weight excluding hydrogens is 384 g/mol. The lowest BCUT2D eigenvalue weighted by Gasteiger charge is -2.31. The van der Waals surface area contributed by atoms with Crippen LogP contribution in [0.5, 0.6) is 11.5 Å². The van der Waals surface area contributed by atoms with Crippen molar-refractivity contribution in [2.24, 2.45) is 0 Å². The first-order chi connectivity index (χ1) is 14.5. The molecule has 7 nitrogen and oxygen atoms in total. The lowest BCUT2D eigenvalue weighted by Crippen LogP contribution is -2.57. The summed E-state index contributed by atoms with van der Waals surface area (Å²) < 4.78 is 11.0. The average molecular weight is 408 g/mol. The van der Waals surface area contributed by atoms with Crippen LogP contribution in [0.1, 0.15) is 36.8 Å². The Kier molecular flexibility index (Phi) is 6.58. The zero-order valence-corrected chi connectivity index (χ0v) is 16.9. The molecule has 0 atom stereocenters. The highest BCUT2D eigenvalue weighted by Crippen LogP contribution is 2.35. The fraction of sp³-hybridized carbons (Fsp3) is 0.348. The van der Waals surface area contributed by atoms with Crippen LogP contribution in [-0.4, -0.2) is 42.5 Å². The predicted octanol–water partition coefficient (Wildman–Crippen LogP) is 2.84. The zero-order valence-electron chi connectivity index (χ0n) is 16.9. The number of nitrogens with one attached hydrogen (secondary N) is 1. The van der Waals surface area contributed by atoms with E-state index in [1.54, 1.807) is 18.2 Å². The number of rotatable bonds is 7. The third-order valence-electron chi connectivity index (χ3n) is 5.17. The molecule has 0 radical (unpaired) electrons. The van der Waals surface area contributed by atoms with Crippen molar-refractivity contribution >= 4 is 23.9 Å². The molecule has 0 spiro atoms. The first-order valence-corrected chi connectivity index (χ1v) is 9.78. The minimum atomic E-state index is -0.712. The smallest absolute Gasteiger partial charge is 0.331 e. The Labute approximate surface area is 175 Å². The molecule has 1 aromatic rings. The highest BCUT2D eigenvalue weighted by atomic mass is 16.5. The highest BCUT2D eigenvalue weighted by Gasteiger charge is 2.40. The van der Waals surface area contributed by atoms with Gasteiger partial charge in [-0.2, -0.15) is 0 Å². The van der Waals surface area contributed by atoms with E-state index in [-0.39, 0.29) is 18.2 Å². The van der Waals surface area contributed by atoms with Gasteiger partial charge in [0.1, 0.15) is 12.2 Å². The molecule has 2 aliphatic rings. The summed E-state index contributed by atoms with van der Waals surface area (Å²) in [6.07, 6.45) is 12.3. The summed E-state index contributed by atoms with van der Waals surface area (Å²) in [6.45, 7) is 3.82. The molecule has 3 rings (SSSR count). The van der Waals surface area contributed by atoms with Crippen LogP contribution >= 0.6 is 0 Å². The molecule has 1 aliphatic heterocycles. The molecular formula is C23H24N2O5. The van der Waals surface area contributed by atoms with Gasteiger partial charge in [-0.15, -0.1) is 13.0 Å². The molecule has 1 aromatic carbocycles. The number of amides is 4. The number of hydrogen-bond donors (Lipinski definition) is 1. The molecule has 0 unspecified atom stereocenters. The van der Waals surface area contributed by atoms with Crippen molar-refractivity contribution in [1.82, 2.24) is 10.2 Å². The molecule has 2 fully saturated rings. The molecule has 0 bridgehead atoms. The Hall–Kier alpha value is -3.53. The summed E-state index contributed by atoms with van der Waals surface area (Å²) in [7, 11) is 1.49. The van der Waals surface area contributed by atoms with E-state index in [0.29, 0.717) is 23.5 Å². The van der Waals surface area contributed by atoms with Crippen molar-refractivity contribution in [2.45, 2.75) is 38.1 Å². The first-order valence-electron chi connectivity index (χ1n) is 9.78. The molecule has 7 heteroatoms. The van der Waals surface area contributed by atoms with E-state index < -0.39 is 17.8 Å². The standard InChI is InChI=1S/C23H24N2O5/c1-4-8-16-12-15(14-19(29-3)20(16)30-11-5-2)13-18-21(26)24-23(28)25(22(18)27)17-9-6-7-10-17/h2,4,12-14,17H,1,6-11H2,3H3,(H,24,26,28)/b18-13+. The number of allylic oxidation sites excluding steroid dienone is 1. The van der Waals surface area contributed by atoms with Crippen LogP contribution < -0.4 is 14.8 Å². The number of urea groups is 1. The molecule has 1 N–H and O–H groups in total.